The van der Waals surface area contributed by atoms with Gasteiger partial charge in [-0.15, -0.1) is 0 Å². The maximum Gasteiger partial charge on any atom is 0.288 e. The van der Waals surface area contributed by atoms with E-state index >= 15 is 0 Å². The van der Waals surface area contributed by atoms with E-state index in [1.807, 2.05) is 29.5 Å². The zero-order chi connectivity index (χ0) is 9.30. The van der Waals surface area contributed by atoms with Crippen molar-refractivity contribution in [1.82, 2.24) is 0 Å². The molecule has 0 aliphatic carbocycles. The molecule has 0 aliphatic heterocycles. The van der Waals surface area contributed by atoms with E-state index in [0.717, 1.165) is 9.13 Å². The van der Waals surface area contributed by atoms with Crippen LogP contribution in [-0.4, -0.2) is 4.92 Å². The third-order valence-electron chi connectivity index (χ3n) is 1.42. The number of nitrogens with zero attached hydrogens (tertiary/aromatic N) is 1. The highest BCUT2D eigenvalue weighted by Gasteiger charge is 2.13. The van der Waals surface area contributed by atoms with Crippen molar-refractivity contribution in [2.75, 3.05) is 0 Å². The molecule has 0 aromatic heterocycles. The highest BCUT2D eigenvalue weighted by molar-refractivity contribution is 14.1. The summed E-state index contributed by atoms with van der Waals surface area (Å²) in [5, 5.41) is 10.6. The summed E-state index contributed by atoms with van der Waals surface area (Å²) in [5.74, 6) is 0. The van der Waals surface area contributed by atoms with Crippen molar-refractivity contribution in [3.63, 3.8) is 0 Å². The molecule has 0 heterocycles. The van der Waals surface area contributed by atoms with E-state index in [4.69, 9.17) is 11.6 Å². The normalized spacial score (nSPS) is 9.92. The Morgan fingerprint density at radius 3 is 2.67 bits per heavy atom. The molecule has 5 heteroatoms. The van der Waals surface area contributed by atoms with Gasteiger partial charge in [0.1, 0.15) is 5.02 Å². The number of hydrogen-bond acceptors (Lipinski definition) is 2. The fraction of sp³-hybridized carbons (Fsp3) is 0.143. The minimum absolute atomic E-state index is 0.0355. The Morgan fingerprint density at radius 2 is 2.17 bits per heavy atom. The summed E-state index contributed by atoms with van der Waals surface area (Å²) in [6.07, 6.45) is 0. The van der Waals surface area contributed by atoms with Crippen LogP contribution < -0.4 is 0 Å². The van der Waals surface area contributed by atoms with Crippen LogP contribution in [0.15, 0.2) is 12.1 Å². The van der Waals surface area contributed by atoms with Gasteiger partial charge in [-0.1, -0.05) is 11.6 Å². The van der Waals surface area contributed by atoms with Crippen molar-refractivity contribution < 1.29 is 4.92 Å². The lowest BCUT2D eigenvalue weighted by atomic mass is 10.2. The second-order valence-electron chi connectivity index (χ2n) is 2.31. The average Bonchev–Trinajstić information content (AvgIpc) is 1.96. The number of hydrogen-bond donors (Lipinski definition) is 0. The average molecular weight is 297 g/mol. The molecule has 1 aromatic carbocycles. The van der Waals surface area contributed by atoms with Gasteiger partial charge in [-0.25, -0.2) is 0 Å². The Morgan fingerprint density at radius 1 is 1.58 bits per heavy atom. The minimum atomic E-state index is -0.482. The smallest absolute Gasteiger partial charge is 0.258 e. The van der Waals surface area contributed by atoms with E-state index in [9.17, 15) is 10.1 Å². The third kappa shape index (κ3) is 1.87. The van der Waals surface area contributed by atoms with Gasteiger partial charge in [0.05, 0.1) is 4.92 Å². The number of nitro benzene ring substituents is 1. The summed E-state index contributed by atoms with van der Waals surface area (Å²) in [7, 11) is 0. The van der Waals surface area contributed by atoms with Crippen LogP contribution in [0.25, 0.3) is 0 Å². The molecule has 0 saturated carbocycles. The molecule has 0 fully saturated rings. The van der Waals surface area contributed by atoms with Crippen LogP contribution >= 0.6 is 34.2 Å². The Kier molecular flexibility index (Phi) is 2.89. The Balaban J connectivity index is 3.33. The minimum Gasteiger partial charge on any atom is -0.258 e. The van der Waals surface area contributed by atoms with Crippen LogP contribution in [0.1, 0.15) is 5.56 Å². The first-order chi connectivity index (χ1) is 5.52. The van der Waals surface area contributed by atoms with Crippen LogP contribution in [0.4, 0.5) is 5.69 Å². The molecule has 0 spiro atoms. The van der Waals surface area contributed by atoms with Crippen LogP contribution in [0.5, 0.6) is 0 Å². The predicted molar refractivity (Wildman–Crippen MR) is 55.6 cm³/mol. The monoisotopic (exact) mass is 297 g/mol. The molecule has 0 N–H and O–H groups in total. The molecular weight excluding hydrogens is 292 g/mol. The predicted octanol–water partition coefficient (Wildman–Crippen LogP) is 3.16. The van der Waals surface area contributed by atoms with Crippen molar-refractivity contribution in [3.05, 3.63) is 36.4 Å². The summed E-state index contributed by atoms with van der Waals surface area (Å²) in [6, 6.07) is 3.07. The van der Waals surface area contributed by atoms with E-state index in [2.05, 4.69) is 0 Å². The first-order valence-electron chi connectivity index (χ1n) is 3.12. The van der Waals surface area contributed by atoms with Gasteiger partial charge in [0.2, 0.25) is 0 Å². The summed E-state index contributed by atoms with van der Waals surface area (Å²) in [4.78, 5) is 9.92. The molecule has 0 bridgehead atoms. The summed E-state index contributed by atoms with van der Waals surface area (Å²) >= 11 is 7.69. The number of rotatable bonds is 1. The molecule has 0 radical (unpaired) electrons. The van der Waals surface area contributed by atoms with E-state index in [0.29, 0.717) is 0 Å². The molecule has 0 unspecified atom stereocenters. The first-order valence-corrected chi connectivity index (χ1v) is 4.58. The first kappa shape index (κ1) is 9.73. The van der Waals surface area contributed by atoms with Gasteiger partial charge in [0.25, 0.3) is 5.69 Å². The van der Waals surface area contributed by atoms with Crippen LogP contribution in [0, 0.1) is 20.6 Å². The SMILES string of the molecule is Cc1cc(Cl)c([N+](=O)[O-])cc1I. The number of benzene rings is 1. The highest BCUT2D eigenvalue weighted by Crippen LogP contribution is 2.28. The van der Waals surface area contributed by atoms with Gasteiger partial charge in [-0.2, -0.15) is 0 Å². The lowest BCUT2D eigenvalue weighted by molar-refractivity contribution is -0.384. The summed E-state index contributed by atoms with van der Waals surface area (Å²) < 4.78 is 0.851. The fourth-order valence-corrected chi connectivity index (χ4v) is 1.51. The van der Waals surface area contributed by atoms with Crippen molar-refractivity contribution in [3.8, 4) is 0 Å². The topological polar surface area (TPSA) is 43.1 Å². The second kappa shape index (κ2) is 3.57. The van der Waals surface area contributed by atoms with Crippen molar-refractivity contribution in [2.24, 2.45) is 0 Å². The van der Waals surface area contributed by atoms with Gasteiger partial charge in [0.15, 0.2) is 0 Å². The van der Waals surface area contributed by atoms with E-state index in [1.54, 1.807) is 6.07 Å². The van der Waals surface area contributed by atoms with Gasteiger partial charge < -0.3 is 0 Å². The quantitative estimate of drug-likeness (QED) is 0.454. The van der Waals surface area contributed by atoms with Gasteiger partial charge >= 0.3 is 0 Å². The van der Waals surface area contributed by atoms with Crippen LogP contribution in [-0.2, 0) is 0 Å². The number of nitro groups is 1. The number of aryl methyl sites for hydroxylation is 1. The van der Waals surface area contributed by atoms with Crippen LogP contribution in [0.2, 0.25) is 5.02 Å². The molecule has 0 aliphatic rings. The molecule has 0 saturated heterocycles. The Bertz CT molecular complexity index is 340. The zero-order valence-electron chi connectivity index (χ0n) is 6.17. The van der Waals surface area contributed by atoms with Crippen molar-refractivity contribution >= 4 is 39.9 Å². The summed E-state index contributed by atoms with van der Waals surface area (Å²) in [6.45, 7) is 1.86. The highest BCUT2D eigenvalue weighted by atomic mass is 127. The Labute approximate surface area is 88.0 Å². The lowest BCUT2D eigenvalue weighted by Crippen LogP contribution is -1.91. The zero-order valence-corrected chi connectivity index (χ0v) is 9.09. The molecule has 64 valence electrons. The van der Waals surface area contributed by atoms with Gasteiger partial charge in [0, 0.05) is 9.64 Å². The fourth-order valence-electron chi connectivity index (χ4n) is 0.776. The van der Waals surface area contributed by atoms with Gasteiger partial charge in [-0.05, 0) is 41.1 Å². The molecule has 3 nitrogen and oxygen atoms in total. The molecule has 0 atom stereocenters. The molecule has 12 heavy (non-hydrogen) atoms. The molecule has 1 rings (SSSR count). The molecule has 0 amide bonds. The van der Waals surface area contributed by atoms with E-state index in [1.165, 1.54) is 6.07 Å². The van der Waals surface area contributed by atoms with Crippen LogP contribution in [0.3, 0.4) is 0 Å². The second-order valence-corrected chi connectivity index (χ2v) is 3.88. The summed E-state index contributed by atoms with van der Waals surface area (Å²) in [5.41, 5.74) is 0.915. The lowest BCUT2D eigenvalue weighted by Gasteiger charge is -1.99. The largest absolute Gasteiger partial charge is 0.288 e. The van der Waals surface area contributed by atoms with E-state index < -0.39 is 4.92 Å². The molecular formula is C7H5ClINO2. The van der Waals surface area contributed by atoms with Crippen molar-refractivity contribution in [2.45, 2.75) is 6.92 Å². The standard InChI is InChI=1S/C7H5ClINO2/c1-4-2-5(8)7(10(11)12)3-6(4)9/h2-3H,1H3. The maximum atomic E-state index is 10.4. The maximum absolute atomic E-state index is 10.4. The van der Waals surface area contributed by atoms with Gasteiger partial charge in [-0.3, -0.25) is 10.1 Å². The molecule has 1 aromatic rings. The number of halogens is 2. The third-order valence-corrected chi connectivity index (χ3v) is 2.89. The van der Waals surface area contributed by atoms with E-state index in [-0.39, 0.29) is 10.7 Å². The Hall–Kier alpha value is -0.360. The van der Waals surface area contributed by atoms with Crippen molar-refractivity contribution in [1.29, 1.82) is 0 Å².